The number of amides is 2. The highest BCUT2D eigenvalue weighted by molar-refractivity contribution is 5.74. The normalized spacial score (nSPS) is 21.8. The van der Waals surface area contributed by atoms with Crippen LogP contribution in [0.4, 0.5) is 4.79 Å². The van der Waals surface area contributed by atoms with Gasteiger partial charge in [-0.25, -0.2) is 4.79 Å². The first-order valence-electron chi connectivity index (χ1n) is 12.7. The molecule has 3 aliphatic rings. The molecular weight excluding hydrogens is 418 g/mol. The third kappa shape index (κ3) is 5.75. The Hall–Kier alpha value is -1.99. The molecule has 4 rings (SSSR count). The molecule has 0 bridgehead atoms. The van der Waals surface area contributed by atoms with Gasteiger partial charge in [-0.3, -0.25) is 4.90 Å². The lowest BCUT2D eigenvalue weighted by Crippen LogP contribution is -2.51. The van der Waals surface area contributed by atoms with Crippen LogP contribution in [0.5, 0.6) is 11.5 Å². The minimum absolute atomic E-state index is 0.204. The van der Waals surface area contributed by atoms with Crippen molar-refractivity contribution >= 4 is 6.03 Å². The summed E-state index contributed by atoms with van der Waals surface area (Å²) in [4.78, 5) is 19.6. The first-order valence-corrected chi connectivity index (χ1v) is 12.7. The van der Waals surface area contributed by atoms with Crippen molar-refractivity contribution in [3.63, 3.8) is 0 Å². The highest BCUT2D eigenvalue weighted by atomic mass is 16.5. The number of piperidine rings is 1. The first-order chi connectivity index (χ1) is 16.1. The van der Waals surface area contributed by atoms with Crippen LogP contribution in [0.15, 0.2) is 12.1 Å². The monoisotopic (exact) mass is 459 g/mol. The number of nitrogens with zero attached hydrogens (tertiary/aromatic N) is 3. The summed E-state index contributed by atoms with van der Waals surface area (Å²) in [5, 5.41) is 0. The summed E-state index contributed by atoms with van der Waals surface area (Å²) in [5.41, 5.74) is 2.80. The zero-order valence-corrected chi connectivity index (χ0v) is 20.7. The fraction of sp³-hybridized carbons (Fsp3) is 0.731. The molecule has 0 aromatic heterocycles. The second-order valence-electron chi connectivity index (χ2n) is 9.68. The summed E-state index contributed by atoms with van der Waals surface area (Å²) in [7, 11) is 3.42. The lowest BCUT2D eigenvalue weighted by molar-refractivity contribution is 0.0383. The molecule has 1 aromatic carbocycles. The fourth-order valence-corrected chi connectivity index (χ4v) is 5.68. The van der Waals surface area contributed by atoms with Crippen molar-refractivity contribution in [2.45, 2.75) is 51.5 Å². The van der Waals surface area contributed by atoms with Crippen LogP contribution in [-0.4, -0.2) is 93.5 Å². The Bertz CT molecular complexity index is 788. The van der Waals surface area contributed by atoms with E-state index in [1.807, 2.05) is 4.90 Å². The number of urea groups is 1. The molecule has 0 radical (unpaired) electrons. The molecule has 2 saturated heterocycles. The third-order valence-corrected chi connectivity index (χ3v) is 7.59. The Morgan fingerprint density at radius 2 is 1.64 bits per heavy atom. The number of fused-ring (bicyclic) bond motifs is 1. The van der Waals surface area contributed by atoms with Crippen molar-refractivity contribution in [3.8, 4) is 11.5 Å². The number of morpholine rings is 1. The zero-order chi connectivity index (χ0) is 23.2. The SMILES string of the molecule is CCCN(CC1CCN(C(=O)N2CCOCC2)CC1)C1CCc2cc(OC)c(OC)cc2C1. The minimum atomic E-state index is 0.204. The molecule has 2 aliphatic heterocycles. The topological polar surface area (TPSA) is 54.5 Å². The van der Waals surface area contributed by atoms with Crippen molar-refractivity contribution in [3.05, 3.63) is 23.3 Å². The summed E-state index contributed by atoms with van der Waals surface area (Å²) in [6, 6.07) is 5.12. The second-order valence-corrected chi connectivity index (χ2v) is 9.68. The number of hydrogen-bond donors (Lipinski definition) is 0. The van der Waals surface area contributed by atoms with Gasteiger partial charge in [0.25, 0.3) is 0 Å². The van der Waals surface area contributed by atoms with Gasteiger partial charge in [-0.1, -0.05) is 6.92 Å². The predicted octanol–water partition coefficient (Wildman–Crippen LogP) is 3.44. The van der Waals surface area contributed by atoms with Crippen LogP contribution in [-0.2, 0) is 17.6 Å². The van der Waals surface area contributed by atoms with Gasteiger partial charge in [0, 0.05) is 38.8 Å². The quantitative estimate of drug-likeness (QED) is 0.625. The lowest BCUT2D eigenvalue weighted by atomic mass is 9.86. The Morgan fingerprint density at radius 1 is 1.00 bits per heavy atom. The van der Waals surface area contributed by atoms with Crippen molar-refractivity contribution in [1.29, 1.82) is 0 Å². The number of carbonyl (C=O) groups is 1. The largest absolute Gasteiger partial charge is 0.493 e. The maximum absolute atomic E-state index is 12.8. The highest BCUT2D eigenvalue weighted by Crippen LogP contribution is 2.35. The smallest absolute Gasteiger partial charge is 0.320 e. The van der Waals surface area contributed by atoms with E-state index in [-0.39, 0.29) is 6.03 Å². The van der Waals surface area contributed by atoms with Gasteiger partial charge >= 0.3 is 6.03 Å². The molecule has 0 N–H and O–H groups in total. The van der Waals surface area contributed by atoms with Crippen molar-refractivity contribution < 1.29 is 19.0 Å². The van der Waals surface area contributed by atoms with E-state index in [0.717, 1.165) is 76.5 Å². The Morgan fingerprint density at radius 3 is 2.27 bits per heavy atom. The number of rotatable bonds is 7. The van der Waals surface area contributed by atoms with E-state index in [4.69, 9.17) is 14.2 Å². The maximum atomic E-state index is 12.8. The average Bonchev–Trinajstić information content (AvgIpc) is 2.87. The van der Waals surface area contributed by atoms with E-state index in [1.165, 1.54) is 24.0 Å². The molecule has 1 aromatic rings. The predicted molar refractivity (Wildman–Crippen MR) is 129 cm³/mol. The molecule has 7 nitrogen and oxygen atoms in total. The third-order valence-electron chi connectivity index (χ3n) is 7.59. The lowest BCUT2D eigenvalue weighted by Gasteiger charge is -2.41. The number of carbonyl (C=O) groups excluding carboxylic acids is 1. The van der Waals surface area contributed by atoms with E-state index >= 15 is 0 Å². The zero-order valence-electron chi connectivity index (χ0n) is 20.7. The number of ether oxygens (including phenoxy) is 3. The van der Waals surface area contributed by atoms with Crippen molar-refractivity contribution in [1.82, 2.24) is 14.7 Å². The molecule has 2 heterocycles. The van der Waals surface area contributed by atoms with E-state index in [9.17, 15) is 4.79 Å². The van der Waals surface area contributed by atoms with Crippen LogP contribution >= 0.6 is 0 Å². The van der Waals surface area contributed by atoms with Gasteiger partial charge in [-0.15, -0.1) is 0 Å². The molecule has 1 unspecified atom stereocenters. The number of aryl methyl sites for hydroxylation is 1. The Balaban J connectivity index is 1.33. The number of hydrogen-bond acceptors (Lipinski definition) is 5. The maximum Gasteiger partial charge on any atom is 0.320 e. The molecule has 184 valence electrons. The summed E-state index contributed by atoms with van der Waals surface area (Å²) < 4.78 is 16.5. The molecule has 1 aliphatic carbocycles. The van der Waals surface area contributed by atoms with Crippen LogP contribution < -0.4 is 9.47 Å². The van der Waals surface area contributed by atoms with E-state index < -0.39 is 0 Å². The molecule has 0 spiro atoms. The molecule has 0 saturated carbocycles. The van der Waals surface area contributed by atoms with Gasteiger partial charge in [0.15, 0.2) is 11.5 Å². The van der Waals surface area contributed by atoms with E-state index in [1.54, 1.807) is 14.2 Å². The van der Waals surface area contributed by atoms with Crippen molar-refractivity contribution in [2.75, 3.05) is 66.7 Å². The number of likely N-dealkylation sites (tertiary alicyclic amines) is 1. The second kappa shape index (κ2) is 11.4. The van der Waals surface area contributed by atoms with Gasteiger partial charge in [-0.2, -0.15) is 0 Å². The highest BCUT2D eigenvalue weighted by Gasteiger charge is 2.31. The van der Waals surface area contributed by atoms with Crippen LogP contribution in [0.25, 0.3) is 0 Å². The molecule has 33 heavy (non-hydrogen) atoms. The molecule has 1 atom stereocenters. The van der Waals surface area contributed by atoms with Crippen LogP contribution in [0.1, 0.15) is 43.7 Å². The van der Waals surface area contributed by atoms with Gasteiger partial charge in [-0.05, 0) is 74.2 Å². The average molecular weight is 460 g/mol. The Labute approximate surface area is 198 Å². The minimum Gasteiger partial charge on any atom is -0.493 e. The van der Waals surface area contributed by atoms with Crippen LogP contribution in [0, 0.1) is 5.92 Å². The van der Waals surface area contributed by atoms with E-state index in [0.29, 0.717) is 25.2 Å². The van der Waals surface area contributed by atoms with Crippen LogP contribution in [0.2, 0.25) is 0 Å². The van der Waals surface area contributed by atoms with Crippen LogP contribution in [0.3, 0.4) is 0 Å². The standard InChI is InChI=1S/C26H41N3O4/c1-4-9-29(23-6-5-21-17-24(31-2)25(32-3)18-22(21)16-23)19-20-7-10-27(11-8-20)26(30)28-12-14-33-15-13-28/h17-18,20,23H,4-16,19H2,1-3H3. The fourth-order valence-electron chi connectivity index (χ4n) is 5.68. The molecule has 2 fully saturated rings. The first kappa shape index (κ1) is 24.1. The van der Waals surface area contributed by atoms with Gasteiger partial charge in [0.05, 0.1) is 27.4 Å². The molecular formula is C26H41N3O4. The van der Waals surface area contributed by atoms with Gasteiger partial charge < -0.3 is 24.0 Å². The van der Waals surface area contributed by atoms with E-state index in [2.05, 4.69) is 28.9 Å². The number of benzene rings is 1. The molecule has 7 heteroatoms. The number of methoxy groups -OCH3 is 2. The van der Waals surface area contributed by atoms with Crippen molar-refractivity contribution in [2.24, 2.45) is 5.92 Å². The summed E-state index contributed by atoms with van der Waals surface area (Å²) in [6.07, 6.45) is 6.73. The molecule has 2 amide bonds. The van der Waals surface area contributed by atoms with Gasteiger partial charge in [0.2, 0.25) is 0 Å². The summed E-state index contributed by atoms with van der Waals surface area (Å²) >= 11 is 0. The van der Waals surface area contributed by atoms with Gasteiger partial charge in [0.1, 0.15) is 0 Å². The summed E-state index contributed by atoms with van der Waals surface area (Å²) in [6.45, 7) is 9.10. The Kier molecular flexibility index (Phi) is 8.36. The summed E-state index contributed by atoms with van der Waals surface area (Å²) in [5.74, 6) is 2.33.